The molecular weight excluding hydrogens is 196 g/mol. The summed E-state index contributed by atoms with van der Waals surface area (Å²) in [5.41, 5.74) is 4.30. The molecule has 1 aromatic rings. The molecule has 0 spiro atoms. The van der Waals surface area contributed by atoms with Crippen molar-refractivity contribution >= 4 is 0 Å². The van der Waals surface area contributed by atoms with Crippen molar-refractivity contribution in [1.82, 2.24) is 0 Å². The normalized spacial score (nSPS) is 19.9. The first-order chi connectivity index (χ1) is 7.63. The van der Waals surface area contributed by atoms with Crippen molar-refractivity contribution in [3.05, 3.63) is 28.8 Å². The van der Waals surface area contributed by atoms with Crippen molar-refractivity contribution in [2.24, 2.45) is 0 Å². The molecule has 1 aromatic carbocycles. The summed E-state index contributed by atoms with van der Waals surface area (Å²) in [5.74, 6) is 1.66. The predicted molar refractivity (Wildman–Crippen MR) is 68.2 cm³/mol. The molecule has 0 saturated heterocycles. The van der Waals surface area contributed by atoms with E-state index in [-0.39, 0.29) is 0 Å². The SMILES string of the molecule is CC[C@H]1CCCc2cc(O)cc(C(C)C)c21. The predicted octanol–water partition coefficient (Wildman–Crippen LogP) is 4.35. The molecule has 0 aromatic heterocycles. The van der Waals surface area contributed by atoms with Gasteiger partial charge in [0.25, 0.3) is 0 Å². The van der Waals surface area contributed by atoms with Gasteiger partial charge in [-0.15, -0.1) is 0 Å². The Morgan fingerprint density at radius 2 is 2.12 bits per heavy atom. The Morgan fingerprint density at radius 1 is 1.38 bits per heavy atom. The number of aromatic hydroxyl groups is 1. The summed E-state index contributed by atoms with van der Waals surface area (Å²) in [6.45, 7) is 6.71. The van der Waals surface area contributed by atoms with E-state index in [1.54, 1.807) is 5.56 Å². The van der Waals surface area contributed by atoms with Gasteiger partial charge in [0.05, 0.1) is 0 Å². The minimum absolute atomic E-state index is 0.444. The van der Waals surface area contributed by atoms with E-state index >= 15 is 0 Å². The largest absolute Gasteiger partial charge is 0.508 e. The fourth-order valence-corrected chi connectivity index (χ4v) is 2.99. The number of phenolic OH excluding ortho intramolecular Hbond substituents is 1. The van der Waals surface area contributed by atoms with Crippen LogP contribution in [0.2, 0.25) is 0 Å². The molecule has 0 saturated carbocycles. The number of phenols is 1. The van der Waals surface area contributed by atoms with Crippen molar-refractivity contribution in [3.63, 3.8) is 0 Å². The van der Waals surface area contributed by atoms with Crippen molar-refractivity contribution in [2.75, 3.05) is 0 Å². The zero-order valence-electron chi connectivity index (χ0n) is 10.6. The maximum absolute atomic E-state index is 9.78. The highest BCUT2D eigenvalue weighted by Crippen LogP contribution is 2.40. The third-order valence-corrected chi connectivity index (χ3v) is 3.80. The number of benzene rings is 1. The summed E-state index contributed by atoms with van der Waals surface area (Å²) < 4.78 is 0. The minimum atomic E-state index is 0.444. The number of rotatable bonds is 2. The first-order valence-corrected chi connectivity index (χ1v) is 6.49. The van der Waals surface area contributed by atoms with E-state index in [9.17, 15) is 5.11 Å². The molecule has 1 N–H and O–H groups in total. The Bertz CT molecular complexity index is 379. The lowest BCUT2D eigenvalue weighted by Gasteiger charge is -2.29. The lowest BCUT2D eigenvalue weighted by Crippen LogP contribution is -2.13. The molecule has 0 amide bonds. The fraction of sp³-hybridized carbons (Fsp3) is 0.600. The Kier molecular flexibility index (Phi) is 3.22. The van der Waals surface area contributed by atoms with Crippen LogP contribution in [0, 0.1) is 0 Å². The van der Waals surface area contributed by atoms with Gasteiger partial charge in [0.1, 0.15) is 5.75 Å². The lowest BCUT2D eigenvalue weighted by molar-refractivity contribution is 0.467. The second-order valence-corrected chi connectivity index (χ2v) is 5.26. The van der Waals surface area contributed by atoms with E-state index in [0.29, 0.717) is 17.6 Å². The second-order valence-electron chi connectivity index (χ2n) is 5.26. The van der Waals surface area contributed by atoms with Gasteiger partial charge in [-0.3, -0.25) is 0 Å². The molecule has 0 fully saturated rings. The van der Waals surface area contributed by atoms with Gasteiger partial charge in [0.15, 0.2) is 0 Å². The van der Waals surface area contributed by atoms with E-state index in [0.717, 1.165) is 6.42 Å². The maximum atomic E-state index is 9.78. The summed E-state index contributed by atoms with van der Waals surface area (Å²) in [7, 11) is 0. The Morgan fingerprint density at radius 3 is 2.75 bits per heavy atom. The number of fused-ring (bicyclic) bond motifs is 1. The van der Waals surface area contributed by atoms with Gasteiger partial charge in [0.2, 0.25) is 0 Å². The molecule has 0 aliphatic heterocycles. The van der Waals surface area contributed by atoms with Crippen molar-refractivity contribution in [2.45, 2.75) is 58.3 Å². The van der Waals surface area contributed by atoms with Gasteiger partial charge in [-0.25, -0.2) is 0 Å². The molecule has 1 aliphatic rings. The van der Waals surface area contributed by atoms with E-state index in [2.05, 4.69) is 20.8 Å². The van der Waals surface area contributed by atoms with Crippen molar-refractivity contribution in [3.8, 4) is 5.75 Å². The average Bonchev–Trinajstić information content (AvgIpc) is 2.26. The summed E-state index contributed by atoms with van der Waals surface area (Å²) in [5, 5.41) is 9.78. The summed E-state index contributed by atoms with van der Waals surface area (Å²) in [6.07, 6.45) is 4.94. The van der Waals surface area contributed by atoms with E-state index in [4.69, 9.17) is 0 Å². The highest BCUT2D eigenvalue weighted by atomic mass is 16.3. The van der Waals surface area contributed by atoms with Crippen LogP contribution in [0.25, 0.3) is 0 Å². The Hall–Kier alpha value is -0.980. The van der Waals surface area contributed by atoms with Crippen LogP contribution >= 0.6 is 0 Å². The summed E-state index contributed by atoms with van der Waals surface area (Å²) in [4.78, 5) is 0. The zero-order valence-corrected chi connectivity index (χ0v) is 10.6. The minimum Gasteiger partial charge on any atom is -0.508 e. The molecule has 16 heavy (non-hydrogen) atoms. The van der Waals surface area contributed by atoms with Gasteiger partial charge in [-0.1, -0.05) is 20.8 Å². The Labute approximate surface area is 98.5 Å². The first-order valence-electron chi connectivity index (χ1n) is 6.49. The molecule has 88 valence electrons. The van der Waals surface area contributed by atoms with Gasteiger partial charge in [-0.2, -0.15) is 0 Å². The summed E-state index contributed by atoms with van der Waals surface area (Å²) in [6, 6.07) is 3.94. The molecule has 1 nitrogen and oxygen atoms in total. The smallest absolute Gasteiger partial charge is 0.116 e. The quantitative estimate of drug-likeness (QED) is 0.782. The molecule has 0 unspecified atom stereocenters. The topological polar surface area (TPSA) is 20.2 Å². The van der Waals surface area contributed by atoms with Crippen LogP contribution in [-0.4, -0.2) is 5.11 Å². The van der Waals surface area contributed by atoms with E-state index in [1.165, 1.54) is 30.4 Å². The molecule has 1 atom stereocenters. The average molecular weight is 218 g/mol. The molecule has 1 aliphatic carbocycles. The third kappa shape index (κ3) is 1.95. The van der Waals surface area contributed by atoms with Gasteiger partial charge >= 0.3 is 0 Å². The zero-order chi connectivity index (χ0) is 11.7. The number of aryl methyl sites for hydroxylation is 1. The fourth-order valence-electron chi connectivity index (χ4n) is 2.99. The first kappa shape index (κ1) is 11.5. The van der Waals surface area contributed by atoms with Crippen LogP contribution in [0.3, 0.4) is 0 Å². The standard InChI is InChI=1S/C15H22O/c1-4-11-6-5-7-12-8-13(16)9-14(10(2)3)15(11)12/h8-11,16H,4-7H2,1-3H3/t11-/m0/s1. The molecule has 0 radical (unpaired) electrons. The number of hydrogen-bond donors (Lipinski definition) is 1. The van der Waals surface area contributed by atoms with Crippen LogP contribution in [0.5, 0.6) is 5.75 Å². The maximum Gasteiger partial charge on any atom is 0.116 e. The molecule has 1 heteroatoms. The second kappa shape index (κ2) is 4.48. The molecule has 0 heterocycles. The molecule has 0 bridgehead atoms. The molecular formula is C15H22O. The van der Waals surface area contributed by atoms with Crippen LogP contribution in [-0.2, 0) is 6.42 Å². The van der Waals surface area contributed by atoms with E-state index < -0.39 is 0 Å². The highest BCUT2D eigenvalue weighted by Gasteiger charge is 2.23. The van der Waals surface area contributed by atoms with Crippen molar-refractivity contribution < 1.29 is 5.11 Å². The van der Waals surface area contributed by atoms with Crippen LogP contribution < -0.4 is 0 Å². The van der Waals surface area contributed by atoms with Gasteiger partial charge in [-0.05, 0) is 66.3 Å². The summed E-state index contributed by atoms with van der Waals surface area (Å²) >= 11 is 0. The highest BCUT2D eigenvalue weighted by molar-refractivity contribution is 5.46. The third-order valence-electron chi connectivity index (χ3n) is 3.80. The van der Waals surface area contributed by atoms with Crippen LogP contribution in [0.4, 0.5) is 0 Å². The Balaban J connectivity index is 2.56. The van der Waals surface area contributed by atoms with Crippen molar-refractivity contribution in [1.29, 1.82) is 0 Å². The van der Waals surface area contributed by atoms with Crippen LogP contribution in [0.15, 0.2) is 12.1 Å². The van der Waals surface area contributed by atoms with E-state index in [1.807, 2.05) is 12.1 Å². The molecule has 2 rings (SSSR count). The monoisotopic (exact) mass is 218 g/mol. The van der Waals surface area contributed by atoms with Crippen LogP contribution in [0.1, 0.15) is 68.6 Å². The number of hydrogen-bond acceptors (Lipinski definition) is 1. The van der Waals surface area contributed by atoms with Gasteiger partial charge < -0.3 is 5.11 Å². The lowest BCUT2D eigenvalue weighted by atomic mass is 9.76. The van der Waals surface area contributed by atoms with Gasteiger partial charge in [0, 0.05) is 0 Å².